The summed E-state index contributed by atoms with van der Waals surface area (Å²) in [7, 11) is 1.72. The predicted octanol–water partition coefficient (Wildman–Crippen LogP) is 8.39. The summed E-state index contributed by atoms with van der Waals surface area (Å²) < 4.78 is 6.66. The summed E-state index contributed by atoms with van der Waals surface area (Å²) in [5.41, 5.74) is 7.60. The van der Waals surface area contributed by atoms with Gasteiger partial charge in [-0.05, 0) is 62.9 Å². The van der Waals surface area contributed by atoms with Crippen LogP contribution in [0.5, 0.6) is 5.75 Å². The third kappa shape index (κ3) is 4.93. The summed E-state index contributed by atoms with van der Waals surface area (Å²) in [6, 6.07) is 21.8. The van der Waals surface area contributed by atoms with Gasteiger partial charge in [-0.2, -0.15) is 0 Å². The number of rotatable bonds is 3. The largest absolute Gasteiger partial charge is 0.496 e. The first-order valence-corrected chi connectivity index (χ1v) is 10.9. The molecule has 0 fully saturated rings. The highest BCUT2D eigenvalue weighted by atomic mass is 79.9. The molecule has 0 aromatic heterocycles. The van der Waals surface area contributed by atoms with Crippen LogP contribution in [0.2, 0.25) is 0 Å². The van der Waals surface area contributed by atoms with Gasteiger partial charge < -0.3 is 4.74 Å². The molecule has 0 saturated heterocycles. The van der Waals surface area contributed by atoms with Crippen molar-refractivity contribution in [2.24, 2.45) is 0 Å². The van der Waals surface area contributed by atoms with Gasteiger partial charge in [0.2, 0.25) is 0 Å². The van der Waals surface area contributed by atoms with Gasteiger partial charge in [-0.1, -0.05) is 93.9 Å². The van der Waals surface area contributed by atoms with Crippen molar-refractivity contribution < 1.29 is 4.74 Å². The van der Waals surface area contributed by atoms with Gasteiger partial charge in [-0.15, -0.1) is 0 Å². The second-order valence-electron chi connectivity index (χ2n) is 9.73. The summed E-state index contributed by atoms with van der Waals surface area (Å²) in [6.45, 7) is 13.7. The first-order chi connectivity index (χ1) is 13.5. The SMILES string of the molecule is COc1ccccc1-c1cc(Br)cc(-c2cc(C(C)(C)C)cc(C(C)(C)C)c2)c1. The van der Waals surface area contributed by atoms with Crippen LogP contribution in [0.3, 0.4) is 0 Å². The zero-order chi connectivity index (χ0) is 21.4. The minimum atomic E-state index is 0.0908. The van der Waals surface area contributed by atoms with Crippen LogP contribution in [0.4, 0.5) is 0 Å². The van der Waals surface area contributed by atoms with E-state index in [1.807, 2.05) is 12.1 Å². The molecule has 0 amide bonds. The molecule has 0 heterocycles. The molecule has 0 aliphatic carbocycles. The second-order valence-corrected chi connectivity index (χ2v) is 10.6. The lowest BCUT2D eigenvalue weighted by Crippen LogP contribution is -2.16. The van der Waals surface area contributed by atoms with E-state index in [0.717, 1.165) is 21.3 Å². The molecule has 0 spiro atoms. The number of ether oxygens (including phenoxy) is 1. The summed E-state index contributed by atoms with van der Waals surface area (Å²) in [5.74, 6) is 0.885. The van der Waals surface area contributed by atoms with Crippen molar-refractivity contribution in [1.29, 1.82) is 0 Å². The third-order valence-corrected chi connectivity index (χ3v) is 5.77. The molecule has 1 nitrogen and oxygen atoms in total. The lowest BCUT2D eigenvalue weighted by atomic mass is 9.79. The average molecular weight is 451 g/mol. The Kier molecular flexibility index (Phi) is 5.96. The fraction of sp³-hybridized carbons (Fsp3) is 0.333. The summed E-state index contributed by atoms with van der Waals surface area (Å²) in [5, 5.41) is 0. The summed E-state index contributed by atoms with van der Waals surface area (Å²) >= 11 is 3.73. The van der Waals surface area contributed by atoms with E-state index in [4.69, 9.17) is 4.74 Å². The van der Waals surface area contributed by atoms with E-state index in [1.165, 1.54) is 22.3 Å². The van der Waals surface area contributed by atoms with Gasteiger partial charge in [0.25, 0.3) is 0 Å². The fourth-order valence-electron chi connectivity index (χ4n) is 3.46. The highest BCUT2D eigenvalue weighted by molar-refractivity contribution is 9.10. The van der Waals surface area contributed by atoms with Crippen LogP contribution >= 0.6 is 15.9 Å². The molecule has 0 N–H and O–H groups in total. The lowest BCUT2D eigenvalue weighted by molar-refractivity contribution is 0.416. The highest BCUT2D eigenvalue weighted by Crippen LogP contribution is 2.38. The van der Waals surface area contributed by atoms with Crippen LogP contribution in [0.25, 0.3) is 22.3 Å². The zero-order valence-corrected chi connectivity index (χ0v) is 20.1. The molecular formula is C27H31BrO. The van der Waals surface area contributed by atoms with Gasteiger partial charge in [0.15, 0.2) is 0 Å². The Morgan fingerprint density at radius 2 is 1.17 bits per heavy atom. The molecule has 29 heavy (non-hydrogen) atoms. The van der Waals surface area contributed by atoms with Gasteiger partial charge in [0, 0.05) is 10.0 Å². The molecule has 2 heteroatoms. The van der Waals surface area contributed by atoms with Crippen LogP contribution < -0.4 is 4.74 Å². The highest BCUT2D eigenvalue weighted by Gasteiger charge is 2.21. The number of methoxy groups -OCH3 is 1. The Balaban J connectivity index is 2.22. The lowest BCUT2D eigenvalue weighted by Gasteiger charge is -2.26. The predicted molar refractivity (Wildman–Crippen MR) is 129 cm³/mol. The van der Waals surface area contributed by atoms with Crippen molar-refractivity contribution in [2.75, 3.05) is 7.11 Å². The van der Waals surface area contributed by atoms with Gasteiger partial charge >= 0.3 is 0 Å². The maximum atomic E-state index is 5.60. The molecule has 0 bridgehead atoms. The molecular weight excluding hydrogens is 420 g/mol. The van der Waals surface area contributed by atoms with Gasteiger partial charge in [-0.25, -0.2) is 0 Å². The van der Waals surface area contributed by atoms with E-state index in [-0.39, 0.29) is 10.8 Å². The monoisotopic (exact) mass is 450 g/mol. The zero-order valence-electron chi connectivity index (χ0n) is 18.6. The van der Waals surface area contributed by atoms with Crippen molar-refractivity contribution in [3.05, 3.63) is 76.3 Å². The van der Waals surface area contributed by atoms with Gasteiger partial charge in [0.05, 0.1) is 7.11 Å². The molecule has 0 saturated carbocycles. The minimum absolute atomic E-state index is 0.0908. The second kappa shape index (κ2) is 7.99. The molecule has 3 aromatic rings. The molecule has 152 valence electrons. The molecule has 0 atom stereocenters. The maximum absolute atomic E-state index is 5.60. The summed E-state index contributed by atoms with van der Waals surface area (Å²) in [6.07, 6.45) is 0. The van der Waals surface area contributed by atoms with Crippen LogP contribution in [-0.4, -0.2) is 7.11 Å². The average Bonchev–Trinajstić information content (AvgIpc) is 2.65. The van der Waals surface area contributed by atoms with Crippen molar-refractivity contribution in [3.63, 3.8) is 0 Å². The fourth-order valence-corrected chi connectivity index (χ4v) is 3.95. The molecule has 3 aromatic carbocycles. The van der Waals surface area contributed by atoms with Crippen molar-refractivity contribution >= 4 is 15.9 Å². The van der Waals surface area contributed by atoms with E-state index >= 15 is 0 Å². The van der Waals surface area contributed by atoms with Crippen LogP contribution in [0.15, 0.2) is 65.1 Å². The quantitative estimate of drug-likeness (QED) is 0.389. The Labute approximate surface area is 184 Å². The van der Waals surface area contributed by atoms with E-state index in [9.17, 15) is 0 Å². The van der Waals surface area contributed by atoms with E-state index in [0.29, 0.717) is 0 Å². The Morgan fingerprint density at radius 3 is 1.72 bits per heavy atom. The Hall–Kier alpha value is -2.06. The number of para-hydroxylation sites is 1. The minimum Gasteiger partial charge on any atom is -0.496 e. The molecule has 0 radical (unpaired) electrons. The van der Waals surface area contributed by atoms with E-state index < -0.39 is 0 Å². The van der Waals surface area contributed by atoms with Crippen molar-refractivity contribution in [3.8, 4) is 28.0 Å². The summed E-state index contributed by atoms with van der Waals surface area (Å²) in [4.78, 5) is 0. The number of hydrogen-bond donors (Lipinski definition) is 0. The van der Waals surface area contributed by atoms with Crippen molar-refractivity contribution in [1.82, 2.24) is 0 Å². The van der Waals surface area contributed by atoms with E-state index in [2.05, 4.69) is 106 Å². The Morgan fingerprint density at radius 1 is 0.655 bits per heavy atom. The van der Waals surface area contributed by atoms with Crippen molar-refractivity contribution in [2.45, 2.75) is 52.4 Å². The third-order valence-electron chi connectivity index (χ3n) is 5.31. The van der Waals surface area contributed by atoms with Gasteiger partial charge in [0.1, 0.15) is 5.75 Å². The molecule has 0 unspecified atom stereocenters. The molecule has 0 aliphatic rings. The van der Waals surface area contributed by atoms with Crippen LogP contribution in [0.1, 0.15) is 52.7 Å². The topological polar surface area (TPSA) is 9.23 Å². The standard InChI is InChI=1S/C27H31BrO/c1-26(2,3)21-13-19(14-22(17-21)27(4,5)6)18-12-20(16-23(28)15-18)24-10-8-9-11-25(24)29-7/h8-17H,1-7H3. The molecule has 0 aliphatic heterocycles. The van der Waals surface area contributed by atoms with Crippen LogP contribution in [0, 0.1) is 0 Å². The maximum Gasteiger partial charge on any atom is 0.126 e. The van der Waals surface area contributed by atoms with E-state index in [1.54, 1.807) is 7.11 Å². The number of hydrogen-bond acceptors (Lipinski definition) is 1. The normalized spacial score (nSPS) is 12.1. The van der Waals surface area contributed by atoms with Gasteiger partial charge in [-0.3, -0.25) is 0 Å². The van der Waals surface area contributed by atoms with Crippen LogP contribution in [-0.2, 0) is 10.8 Å². The smallest absolute Gasteiger partial charge is 0.126 e. The first-order valence-electron chi connectivity index (χ1n) is 10.1. The Bertz CT molecular complexity index is 987. The molecule has 3 rings (SSSR count). The first kappa shape index (κ1) is 21.6. The number of benzene rings is 3. The number of halogens is 1.